The smallest absolute Gasteiger partial charge is 0.335 e. The van der Waals surface area contributed by atoms with E-state index in [1.54, 1.807) is 12.1 Å². The molecule has 7 nitrogen and oxygen atoms in total. The molecule has 0 saturated heterocycles. The summed E-state index contributed by atoms with van der Waals surface area (Å²) in [4.78, 5) is 16.0. The number of nitrogens with two attached hydrogens (primary N) is 1. The van der Waals surface area contributed by atoms with Gasteiger partial charge in [0.1, 0.15) is 11.7 Å². The Labute approximate surface area is 169 Å². The first kappa shape index (κ1) is 20.5. The third-order valence-corrected chi connectivity index (χ3v) is 4.85. The van der Waals surface area contributed by atoms with Gasteiger partial charge in [-0.25, -0.2) is 9.78 Å². The summed E-state index contributed by atoms with van der Waals surface area (Å²) in [6.45, 7) is 4.11. The van der Waals surface area contributed by atoms with E-state index >= 15 is 0 Å². The molecular formula is C22H26N4O3. The molecule has 7 heteroatoms. The fourth-order valence-corrected chi connectivity index (χ4v) is 3.33. The first-order chi connectivity index (χ1) is 14.0. The predicted molar refractivity (Wildman–Crippen MR) is 113 cm³/mol. The van der Waals surface area contributed by atoms with E-state index < -0.39 is 5.97 Å². The highest BCUT2D eigenvalue weighted by Crippen LogP contribution is 2.20. The van der Waals surface area contributed by atoms with Gasteiger partial charge >= 0.3 is 5.97 Å². The summed E-state index contributed by atoms with van der Waals surface area (Å²) in [7, 11) is 0. The SMILES string of the molecule is CCOCCCn1c(CCc2ccc(C(=N)N)cc2)nc2cc(C(=O)O)ccc21. The van der Waals surface area contributed by atoms with Gasteiger partial charge in [-0.15, -0.1) is 0 Å². The van der Waals surface area contributed by atoms with Crippen LogP contribution in [0.1, 0.15) is 40.7 Å². The topological polar surface area (TPSA) is 114 Å². The van der Waals surface area contributed by atoms with Crippen LogP contribution in [0, 0.1) is 5.41 Å². The number of aromatic nitrogens is 2. The zero-order chi connectivity index (χ0) is 20.8. The molecule has 0 amide bonds. The maximum Gasteiger partial charge on any atom is 0.335 e. The molecule has 0 bridgehead atoms. The molecule has 4 N–H and O–H groups in total. The zero-order valence-electron chi connectivity index (χ0n) is 16.5. The fourth-order valence-electron chi connectivity index (χ4n) is 3.33. The minimum atomic E-state index is -0.954. The van der Waals surface area contributed by atoms with Crippen molar-refractivity contribution in [2.45, 2.75) is 32.7 Å². The van der Waals surface area contributed by atoms with Gasteiger partial charge in [0.25, 0.3) is 0 Å². The highest BCUT2D eigenvalue weighted by molar-refractivity contribution is 5.95. The van der Waals surface area contributed by atoms with Crippen molar-refractivity contribution in [2.24, 2.45) is 5.73 Å². The number of carboxylic acid groups (broad SMARTS) is 1. The summed E-state index contributed by atoms with van der Waals surface area (Å²) in [5.41, 5.74) is 9.23. The summed E-state index contributed by atoms with van der Waals surface area (Å²) < 4.78 is 7.61. The number of amidine groups is 1. The summed E-state index contributed by atoms with van der Waals surface area (Å²) in [5.74, 6) is 0.0291. The quantitative estimate of drug-likeness (QED) is 0.277. The van der Waals surface area contributed by atoms with Crippen molar-refractivity contribution < 1.29 is 14.6 Å². The zero-order valence-corrected chi connectivity index (χ0v) is 16.5. The third-order valence-electron chi connectivity index (χ3n) is 4.85. The number of rotatable bonds is 10. The second-order valence-corrected chi connectivity index (χ2v) is 6.85. The van der Waals surface area contributed by atoms with Crippen LogP contribution in [0.25, 0.3) is 11.0 Å². The van der Waals surface area contributed by atoms with Crippen LogP contribution in [0.2, 0.25) is 0 Å². The highest BCUT2D eigenvalue weighted by Gasteiger charge is 2.13. The van der Waals surface area contributed by atoms with Crippen molar-refractivity contribution in [1.29, 1.82) is 5.41 Å². The number of ether oxygens (including phenoxy) is 1. The Balaban J connectivity index is 1.83. The lowest BCUT2D eigenvalue weighted by Gasteiger charge is -2.10. The van der Waals surface area contributed by atoms with Gasteiger partial charge in [0.15, 0.2) is 0 Å². The molecule has 0 unspecified atom stereocenters. The minimum Gasteiger partial charge on any atom is -0.478 e. The van der Waals surface area contributed by atoms with Crippen LogP contribution in [-0.4, -0.2) is 39.7 Å². The Morgan fingerprint density at radius 2 is 1.90 bits per heavy atom. The van der Waals surface area contributed by atoms with Crippen LogP contribution < -0.4 is 5.73 Å². The molecular weight excluding hydrogens is 368 g/mol. The lowest BCUT2D eigenvalue weighted by molar-refractivity contribution is 0.0697. The molecule has 0 radical (unpaired) electrons. The molecule has 29 heavy (non-hydrogen) atoms. The largest absolute Gasteiger partial charge is 0.478 e. The van der Waals surface area contributed by atoms with E-state index in [1.807, 2.05) is 37.3 Å². The van der Waals surface area contributed by atoms with E-state index in [9.17, 15) is 9.90 Å². The number of nitrogens with one attached hydrogen (secondary N) is 1. The monoisotopic (exact) mass is 394 g/mol. The Kier molecular flexibility index (Phi) is 6.61. The van der Waals surface area contributed by atoms with Crippen LogP contribution >= 0.6 is 0 Å². The van der Waals surface area contributed by atoms with Gasteiger partial charge in [-0.1, -0.05) is 24.3 Å². The van der Waals surface area contributed by atoms with Gasteiger partial charge < -0.3 is 20.1 Å². The van der Waals surface area contributed by atoms with Crippen molar-refractivity contribution in [3.63, 3.8) is 0 Å². The van der Waals surface area contributed by atoms with Crippen molar-refractivity contribution >= 4 is 22.8 Å². The second-order valence-electron chi connectivity index (χ2n) is 6.85. The maximum atomic E-state index is 11.3. The van der Waals surface area contributed by atoms with E-state index in [-0.39, 0.29) is 11.4 Å². The average molecular weight is 394 g/mol. The molecule has 0 fully saturated rings. The Morgan fingerprint density at radius 1 is 1.17 bits per heavy atom. The van der Waals surface area contributed by atoms with Crippen LogP contribution in [0.5, 0.6) is 0 Å². The number of carboxylic acids is 1. The van der Waals surface area contributed by atoms with E-state index in [4.69, 9.17) is 20.9 Å². The number of nitrogen functional groups attached to an aromatic ring is 1. The Bertz CT molecular complexity index is 1010. The van der Waals surface area contributed by atoms with E-state index in [0.29, 0.717) is 24.3 Å². The second kappa shape index (κ2) is 9.34. The number of fused-ring (bicyclic) bond motifs is 1. The number of nitrogens with zero attached hydrogens (tertiary/aromatic N) is 2. The molecule has 3 aromatic rings. The molecule has 0 aliphatic rings. The standard InChI is InChI=1S/C22H26N4O3/c1-2-29-13-3-12-26-19-10-9-17(22(27)28)14-18(19)25-20(26)11-6-15-4-7-16(8-5-15)21(23)24/h4-5,7-10,14H,2-3,6,11-13H2,1H3,(H3,23,24)(H,27,28). The number of hydrogen-bond acceptors (Lipinski definition) is 4. The molecule has 3 rings (SSSR count). The number of hydrogen-bond donors (Lipinski definition) is 3. The first-order valence-corrected chi connectivity index (χ1v) is 9.73. The normalized spacial score (nSPS) is 11.1. The molecule has 0 aliphatic heterocycles. The lowest BCUT2D eigenvalue weighted by Crippen LogP contribution is -2.11. The van der Waals surface area contributed by atoms with Gasteiger partial charge in [0, 0.05) is 31.7 Å². The third kappa shape index (κ3) is 5.00. The average Bonchev–Trinajstić information content (AvgIpc) is 3.06. The maximum absolute atomic E-state index is 11.3. The first-order valence-electron chi connectivity index (χ1n) is 9.73. The van der Waals surface area contributed by atoms with Crippen molar-refractivity contribution in [2.75, 3.05) is 13.2 Å². The number of aryl methyl sites for hydroxylation is 3. The number of aromatic carboxylic acids is 1. The molecule has 0 saturated carbocycles. The van der Waals surface area contributed by atoms with Crippen LogP contribution in [0.4, 0.5) is 0 Å². The molecule has 152 valence electrons. The van der Waals surface area contributed by atoms with Gasteiger partial charge in [-0.05, 0) is 43.5 Å². The van der Waals surface area contributed by atoms with Gasteiger partial charge in [0.05, 0.1) is 16.6 Å². The predicted octanol–water partition coefficient (Wildman–Crippen LogP) is 3.23. The Morgan fingerprint density at radius 3 is 2.55 bits per heavy atom. The van der Waals surface area contributed by atoms with Gasteiger partial charge in [-0.2, -0.15) is 0 Å². The van der Waals surface area contributed by atoms with Crippen molar-refractivity contribution in [1.82, 2.24) is 9.55 Å². The number of benzene rings is 2. The molecule has 0 atom stereocenters. The van der Waals surface area contributed by atoms with E-state index in [1.165, 1.54) is 0 Å². The summed E-state index contributed by atoms with van der Waals surface area (Å²) in [6, 6.07) is 12.7. The van der Waals surface area contributed by atoms with Gasteiger partial charge in [-0.3, -0.25) is 5.41 Å². The fraction of sp³-hybridized carbons (Fsp3) is 0.318. The molecule has 2 aromatic carbocycles. The molecule has 0 aliphatic carbocycles. The highest BCUT2D eigenvalue weighted by atomic mass is 16.5. The van der Waals surface area contributed by atoms with E-state index in [2.05, 4.69) is 4.57 Å². The number of carbonyl (C=O) groups is 1. The van der Waals surface area contributed by atoms with E-state index in [0.717, 1.165) is 42.7 Å². The van der Waals surface area contributed by atoms with Crippen LogP contribution in [-0.2, 0) is 24.1 Å². The molecule has 1 aromatic heterocycles. The minimum absolute atomic E-state index is 0.0573. The van der Waals surface area contributed by atoms with Crippen molar-refractivity contribution in [3.8, 4) is 0 Å². The van der Waals surface area contributed by atoms with Crippen LogP contribution in [0.3, 0.4) is 0 Å². The summed E-state index contributed by atoms with van der Waals surface area (Å²) >= 11 is 0. The lowest BCUT2D eigenvalue weighted by atomic mass is 10.1. The Hall–Kier alpha value is -3.19. The molecule has 1 heterocycles. The van der Waals surface area contributed by atoms with Crippen LogP contribution in [0.15, 0.2) is 42.5 Å². The number of imidazole rings is 1. The molecule has 0 spiro atoms. The summed E-state index contributed by atoms with van der Waals surface area (Å²) in [6.07, 6.45) is 2.38. The summed E-state index contributed by atoms with van der Waals surface area (Å²) in [5, 5.41) is 16.7. The van der Waals surface area contributed by atoms with Gasteiger partial charge in [0.2, 0.25) is 0 Å². The van der Waals surface area contributed by atoms with Crippen molar-refractivity contribution in [3.05, 3.63) is 65.0 Å².